The SMILES string of the molecule is ClCc1ccc(N2CCC[C@H]3CCCC[C@H]32)c(Br)c1. The van der Waals surface area contributed by atoms with Crippen molar-refractivity contribution in [2.45, 2.75) is 50.4 Å². The molecule has 2 atom stereocenters. The average molecular weight is 343 g/mol. The molecule has 0 amide bonds. The lowest BCUT2D eigenvalue weighted by molar-refractivity contribution is 0.243. The second-order valence-electron chi connectivity index (χ2n) is 5.87. The van der Waals surface area contributed by atoms with Crippen LogP contribution in [0.5, 0.6) is 0 Å². The first-order valence-corrected chi connectivity index (χ1v) is 8.73. The quantitative estimate of drug-likeness (QED) is 0.655. The zero-order valence-corrected chi connectivity index (χ0v) is 13.6. The van der Waals surface area contributed by atoms with E-state index in [2.05, 4.69) is 39.0 Å². The van der Waals surface area contributed by atoms with E-state index in [1.807, 2.05) is 0 Å². The van der Waals surface area contributed by atoms with Crippen LogP contribution in [0.4, 0.5) is 5.69 Å². The Balaban J connectivity index is 1.87. The van der Waals surface area contributed by atoms with Gasteiger partial charge in [-0.25, -0.2) is 0 Å². The summed E-state index contributed by atoms with van der Waals surface area (Å²) in [5, 5.41) is 0. The van der Waals surface area contributed by atoms with Crippen molar-refractivity contribution in [3.63, 3.8) is 0 Å². The molecule has 0 spiro atoms. The summed E-state index contributed by atoms with van der Waals surface area (Å²) >= 11 is 9.65. The second-order valence-corrected chi connectivity index (χ2v) is 6.99. The van der Waals surface area contributed by atoms with E-state index in [1.54, 1.807) is 0 Å². The lowest BCUT2D eigenvalue weighted by atomic mass is 9.78. The molecule has 1 saturated heterocycles. The van der Waals surface area contributed by atoms with Gasteiger partial charge < -0.3 is 4.90 Å². The van der Waals surface area contributed by atoms with Crippen LogP contribution >= 0.6 is 27.5 Å². The van der Waals surface area contributed by atoms with Gasteiger partial charge in [-0.3, -0.25) is 0 Å². The lowest BCUT2D eigenvalue weighted by Crippen LogP contribution is -2.47. The highest BCUT2D eigenvalue weighted by Gasteiger charge is 2.33. The van der Waals surface area contributed by atoms with Crippen molar-refractivity contribution in [1.29, 1.82) is 0 Å². The number of alkyl halides is 1. The normalized spacial score (nSPS) is 27.2. The molecule has 0 bridgehead atoms. The third kappa shape index (κ3) is 2.80. The maximum absolute atomic E-state index is 5.91. The molecule has 2 fully saturated rings. The van der Waals surface area contributed by atoms with Gasteiger partial charge in [-0.1, -0.05) is 18.9 Å². The number of fused-ring (bicyclic) bond motifs is 1. The van der Waals surface area contributed by atoms with Gasteiger partial charge in [-0.2, -0.15) is 0 Å². The molecule has 0 unspecified atom stereocenters. The molecule has 1 aromatic carbocycles. The summed E-state index contributed by atoms with van der Waals surface area (Å²) in [7, 11) is 0. The van der Waals surface area contributed by atoms with Crippen LogP contribution in [0.25, 0.3) is 0 Å². The number of halogens is 2. The first-order valence-electron chi connectivity index (χ1n) is 7.40. The van der Waals surface area contributed by atoms with Crippen LogP contribution in [-0.4, -0.2) is 12.6 Å². The van der Waals surface area contributed by atoms with E-state index in [9.17, 15) is 0 Å². The van der Waals surface area contributed by atoms with Crippen LogP contribution < -0.4 is 4.90 Å². The third-order valence-corrected chi connectivity index (χ3v) is 5.66. The van der Waals surface area contributed by atoms with Crippen LogP contribution in [-0.2, 0) is 5.88 Å². The molecule has 1 nitrogen and oxygen atoms in total. The van der Waals surface area contributed by atoms with Crippen molar-refractivity contribution in [3.8, 4) is 0 Å². The fourth-order valence-corrected chi connectivity index (χ4v) is 4.61. The molecular weight excluding hydrogens is 322 g/mol. The van der Waals surface area contributed by atoms with E-state index in [-0.39, 0.29) is 0 Å². The topological polar surface area (TPSA) is 3.24 Å². The minimum absolute atomic E-state index is 0.588. The molecular formula is C16H21BrClN. The molecule has 19 heavy (non-hydrogen) atoms. The Morgan fingerprint density at radius 1 is 1.16 bits per heavy atom. The van der Waals surface area contributed by atoms with E-state index >= 15 is 0 Å². The van der Waals surface area contributed by atoms with Crippen LogP contribution in [0.3, 0.4) is 0 Å². The highest BCUT2D eigenvalue weighted by Crippen LogP contribution is 2.40. The van der Waals surface area contributed by atoms with Gasteiger partial charge in [0.15, 0.2) is 0 Å². The van der Waals surface area contributed by atoms with E-state index in [0.29, 0.717) is 5.88 Å². The monoisotopic (exact) mass is 341 g/mol. The zero-order chi connectivity index (χ0) is 13.2. The maximum atomic E-state index is 5.91. The van der Waals surface area contributed by atoms with Gasteiger partial charge in [0.1, 0.15) is 0 Å². The fraction of sp³-hybridized carbons (Fsp3) is 0.625. The minimum Gasteiger partial charge on any atom is -0.367 e. The van der Waals surface area contributed by atoms with Crippen molar-refractivity contribution in [1.82, 2.24) is 0 Å². The molecule has 1 saturated carbocycles. The molecule has 1 aromatic rings. The van der Waals surface area contributed by atoms with E-state index < -0.39 is 0 Å². The Kier molecular flexibility index (Phi) is 4.38. The zero-order valence-electron chi connectivity index (χ0n) is 11.2. The highest BCUT2D eigenvalue weighted by molar-refractivity contribution is 9.10. The largest absolute Gasteiger partial charge is 0.367 e. The summed E-state index contributed by atoms with van der Waals surface area (Å²) < 4.78 is 1.21. The molecule has 104 valence electrons. The van der Waals surface area contributed by atoms with E-state index in [1.165, 1.54) is 60.8 Å². The molecule has 3 heteroatoms. The molecule has 0 N–H and O–H groups in total. The standard InChI is InChI=1S/C16H21BrClN/c17-14-10-12(11-18)7-8-16(14)19-9-3-5-13-4-1-2-6-15(13)19/h7-8,10,13,15H,1-6,9,11H2/t13-,15-/m1/s1. The van der Waals surface area contributed by atoms with Crippen molar-refractivity contribution in [3.05, 3.63) is 28.2 Å². The third-order valence-electron chi connectivity index (χ3n) is 4.72. The molecule has 1 heterocycles. The van der Waals surface area contributed by atoms with E-state index in [4.69, 9.17) is 11.6 Å². The molecule has 1 aliphatic carbocycles. The van der Waals surface area contributed by atoms with Crippen LogP contribution in [0, 0.1) is 5.92 Å². The predicted octanol–water partition coefficient (Wildman–Crippen LogP) is 5.35. The molecule has 0 aromatic heterocycles. The predicted molar refractivity (Wildman–Crippen MR) is 86.0 cm³/mol. The van der Waals surface area contributed by atoms with Gasteiger partial charge in [0, 0.05) is 22.9 Å². The first-order chi connectivity index (χ1) is 9.29. The Morgan fingerprint density at radius 3 is 2.74 bits per heavy atom. The Labute approximate surface area is 129 Å². The number of hydrogen-bond acceptors (Lipinski definition) is 1. The Bertz CT molecular complexity index is 446. The van der Waals surface area contributed by atoms with Crippen LogP contribution in [0.1, 0.15) is 44.1 Å². The van der Waals surface area contributed by atoms with Crippen molar-refractivity contribution in [2.24, 2.45) is 5.92 Å². The minimum atomic E-state index is 0.588. The molecule has 1 aliphatic heterocycles. The van der Waals surface area contributed by atoms with Gasteiger partial charge in [0.05, 0.1) is 5.69 Å². The number of anilines is 1. The van der Waals surface area contributed by atoms with Crippen molar-refractivity contribution in [2.75, 3.05) is 11.4 Å². The number of benzene rings is 1. The lowest BCUT2D eigenvalue weighted by Gasteiger charge is -2.45. The Hall–Kier alpha value is -0.210. The summed E-state index contributed by atoms with van der Waals surface area (Å²) in [5.74, 6) is 1.51. The maximum Gasteiger partial charge on any atom is 0.0513 e. The summed E-state index contributed by atoms with van der Waals surface area (Å²) in [6.07, 6.45) is 8.40. The summed E-state index contributed by atoms with van der Waals surface area (Å²) in [6, 6.07) is 7.35. The first kappa shape index (κ1) is 13.8. The summed E-state index contributed by atoms with van der Waals surface area (Å²) in [6.45, 7) is 1.21. The van der Waals surface area contributed by atoms with Crippen LogP contribution in [0.15, 0.2) is 22.7 Å². The number of rotatable bonds is 2. The van der Waals surface area contributed by atoms with Gasteiger partial charge in [-0.15, -0.1) is 11.6 Å². The number of piperidine rings is 1. The molecule has 2 aliphatic rings. The average Bonchev–Trinajstić information content (AvgIpc) is 2.46. The fourth-order valence-electron chi connectivity index (χ4n) is 3.79. The highest BCUT2D eigenvalue weighted by atomic mass is 79.9. The van der Waals surface area contributed by atoms with Gasteiger partial charge in [0.2, 0.25) is 0 Å². The van der Waals surface area contributed by atoms with Crippen molar-refractivity contribution >= 4 is 33.2 Å². The summed E-state index contributed by atoms with van der Waals surface area (Å²) in [5.41, 5.74) is 2.56. The summed E-state index contributed by atoms with van der Waals surface area (Å²) in [4.78, 5) is 2.65. The van der Waals surface area contributed by atoms with Gasteiger partial charge >= 0.3 is 0 Å². The number of nitrogens with zero attached hydrogens (tertiary/aromatic N) is 1. The van der Waals surface area contributed by atoms with Gasteiger partial charge in [0.25, 0.3) is 0 Å². The number of hydrogen-bond donors (Lipinski definition) is 0. The second kappa shape index (κ2) is 6.05. The smallest absolute Gasteiger partial charge is 0.0513 e. The van der Waals surface area contributed by atoms with E-state index in [0.717, 1.165) is 12.0 Å². The molecule has 0 radical (unpaired) electrons. The molecule has 3 rings (SSSR count). The van der Waals surface area contributed by atoms with Crippen molar-refractivity contribution < 1.29 is 0 Å². The Morgan fingerprint density at radius 2 is 1.95 bits per heavy atom. The van der Waals surface area contributed by atoms with Gasteiger partial charge in [-0.05, 0) is 65.2 Å². The van der Waals surface area contributed by atoms with Crippen LogP contribution in [0.2, 0.25) is 0 Å².